The number of carbonyl (C=O) groups excluding carboxylic acids is 1. The number of alkyl halides is 1. The number of likely N-dealkylation sites (N-methyl/N-ethyl adjacent to an activating group) is 1. The molecule has 0 unspecified atom stereocenters. The molecule has 0 aromatic heterocycles. The number of hydrogen-bond donors (Lipinski definition) is 0. The number of benzene rings is 1. The maximum Gasteiger partial charge on any atom is 0.226 e. The molecule has 0 bridgehead atoms. The molecule has 2 nitrogen and oxygen atoms in total. The van der Waals surface area contributed by atoms with Gasteiger partial charge in [-0.15, -0.1) is 11.6 Å². The summed E-state index contributed by atoms with van der Waals surface area (Å²) in [6.07, 6.45) is -0.156. The van der Waals surface area contributed by atoms with Crippen molar-refractivity contribution >= 4 is 17.5 Å². The van der Waals surface area contributed by atoms with Crippen LogP contribution in [0.4, 0.5) is 8.78 Å². The van der Waals surface area contributed by atoms with Crippen LogP contribution < -0.4 is 0 Å². The maximum absolute atomic E-state index is 13.2. The molecule has 1 amide bonds. The van der Waals surface area contributed by atoms with E-state index in [-0.39, 0.29) is 17.9 Å². The Morgan fingerprint density at radius 1 is 1.44 bits per heavy atom. The van der Waals surface area contributed by atoms with E-state index in [0.29, 0.717) is 12.4 Å². The van der Waals surface area contributed by atoms with Crippen LogP contribution >= 0.6 is 11.6 Å². The average Bonchev–Trinajstić information content (AvgIpc) is 2.25. The summed E-state index contributed by atoms with van der Waals surface area (Å²) in [5, 5.41) is 0. The normalized spacial score (nSPS) is 10.2. The van der Waals surface area contributed by atoms with Gasteiger partial charge >= 0.3 is 0 Å². The molecule has 0 aliphatic rings. The monoisotopic (exact) mass is 247 g/mol. The van der Waals surface area contributed by atoms with Crippen LogP contribution in [0.15, 0.2) is 18.2 Å². The van der Waals surface area contributed by atoms with E-state index in [1.807, 2.05) is 0 Å². The van der Waals surface area contributed by atoms with Crippen molar-refractivity contribution in [2.75, 3.05) is 19.5 Å². The molecule has 0 aliphatic carbocycles. The third kappa shape index (κ3) is 3.17. The molecule has 1 rings (SSSR count). The van der Waals surface area contributed by atoms with Crippen LogP contribution in [0.25, 0.3) is 0 Å². The summed E-state index contributed by atoms with van der Waals surface area (Å²) in [4.78, 5) is 12.9. The van der Waals surface area contributed by atoms with Crippen LogP contribution in [0.5, 0.6) is 0 Å². The first-order valence-electron chi connectivity index (χ1n) is 4.79. The summed E-state index contributed by atoms with van der Waals surface area (Å²) < 4.78 is 26.1. The number of hydrogen-bond acceptors (Lipinski definition) is 1. The van der Waals surface area contributed by atoms with Crippen molar-refractivity contribution in [3.05, 3.63) is 35.4 Å². The minimum absolute atomic E-state index is 0.0615. The largest absolute Gasteiger partial charge is 0.344 e. The molecule has 1 aromatic rings. The minimum atomic E-state index is -0.963. The summed E-state index contributed by atoms with van der Waals surface area (Å²) in [5.74, 6) is -1.88. The average molecular weight is 248 g/mol. The predicted octanol–water partition coefficient (Wildman–Crippen LogP) is 2.20. The number of nitrogens with zero attached hydrogens (tertiary/aromatic N) is 1. The number of rotatable bonds is 4. The van der Waals surface area contributed by atoms with Gasteiger partial charge < -0.3 is 4.90 Å². The van der Waals surface area contributed by atoms with Gasteiger partial charge in [-0.2, -0.15) is 0 Å². The van der Waals surface area contributed by atoms with Gasteiger partial charge in [0.05, 0.1) is 6.42 Å². The lowest BCUT2D eigenvalue weighted by molar-refractivity contribution is -0.128. The highest BCUT2D eigenvalue weighted by Crippen LogP contribution is 2.12. The molecule has 88 valence electrons. The van der Waals surface area contributed by atoms with Crippen molar-refractivity contribution in [1.82, 2.24) is 4.90 Å². The fourth-order valence-electron chi connectivity index (χ4n) is 1.23. The van der Waals surface area contributed by atoms with Gasteiger partial charge in [0.2, 0.25) is 5.91 Å². The number of carbonyl (C=O) groups is 1. The van der Waals surface area contributed by atoms with Gasteiger partial charge in [0.15, 0.2) is 11.6 Å². The van der Waals surface area contributed by atoms with E-state index in [0.717, 1.165) is 6.07 Å². The highest BCUT2D eigenvalue weighted by atomic mass is 35.5. The maximum atomic E-state index is 13.2. The summed E-state index contributed by atoms with van der Waals surface area (Å²) in [6, 6.07) is 3.79. The minimum Gasteiger partial charge on any atom is -0.344 e. The third-order valence-corrected chi connectivity index (χ3v) is 2.39. The smallest absolute Gasteiger partial charge is 0.226 e. The first-order valence-corrected chi connectivity index (χ1v) is 5.32. The van der Waals surface area contributed by atoms with Crippen LogP contribution in [-0.4, -0.2) is 30.3 Å². The van der Waals surface area contributed by atoms with Crippen LogP contribution in [0.2, 0.25) is 0 Å². The van der Waals surface area contributed by atoms with Gasteiger partial charge in [0.1, 0.15) is 0 Å². The Kier molecular flexibility index (Phi) is 4.68. The van der Waals surface area contributed by atoms with Crippen LogP contribution in [0.3, 0.4) is 0 Å². The summed E-state index contributed by atoms with van der Waals surface area (Å²) in [7, 11) is 1.57. The SMILES string of the molecule is CN(CCCl)C(=O)Cc1cccc(F)c1F. The van der Waals surface area contributed by atoms with Crippen LogP contribution in [0.1, 0.15) is 5.56 Å². The van der Waals surface area contributed by atoms with Crippen LogP contribution in [0, 0.1) is 11.6 Å². The highest BCUT2D eigenvalue weighted by molar-refractivity contribution is 6.18. The van der Waals surface area contributed by atoms with Crippen molar-refractivity contribution in [2.24, 2.45) is 0 Å². The molecule has 0 aliphatic heterocycles. The van der Waals surface area contributed by atoms with Crippen molar-refractivity contribution in [1.29, 1.82) is 0 Å². The molecule has 0 spiro atoms. The lowest BCUT2D eigenvalue weighted by atomic mass is 10.1. The molecule has 5 heteroatoms. The zero-order chi connectivity index (χ0) is 12.1. The molecular formula is C11H12ClF2NO. The van der Waals surface area contributed by atoms with Gasteiger partial charge in [-0.25, -0.2) is 8.78 Å². The van der Waals surface area contributed by atoms with Gasteiger partial charge in [-0.1, -0.05) is 12.1 Å². The van der Waals surface area contributed by atoms with Gasteiger partial charge in [0.25, 0.3) is 0 Å². The second-order valence-corrected chi connectivity index (χ2v) is 3.77. The molecule has 0 radical (unpaired) electrons. The van der Waals surface area contributed by atoms with E-state index in [1.54, 1.807) is 7.05 Å². The van der Waals surface area contributed by atoms with Crippen molar-refractivity contribution in [2.45, 2.75) is 6.42 Å². The van der Waals surface area contributed by atoms with E-state index in [9.17, 15) is 13.6 Å². The summed E-state index contributed by atoms with van der Waals surface area (Å²) >= 11 is 5.47. The lowest BCUT2D eigenvalue weighted by Gasteiger charge is -2.15. The predicted molar refractivity (Wildman–Crippen MR) is 58.4 cm³/mol. The second kappa shape index (κ2) is 5.80. The summed E-state index contributed by atoms with van der Waals surface area (Å²) in [6.45, 7) is 0.386. The molecule has 0 N–H and O–H groups in total. The van der Waals surface area contributed by atoms with E-state index < -0.39 is 11.6 Å². The van der Waals surface area contributed by atoms with E-state index >= 15 is 0 Å². The Morgan fingerprint density at radius 2 is 2.12 bits per heavy atom. The Morgan fingerprint density at radius 3 is 2.75 bits per heavy atom. The van der Waals surface area contributed by atoms with Crippen molar-refractivity contribution in [3.8, 4) is 0 Å². The Labute approximate surface area is 97.8 Å². The van der Waals surface area contributed by atoms with E-state index in [4.69, 9.17) is 11.6 Å². The van der Waals surface area contributed by atoms with E-state index in [2.05, 4.69) is 0 Å². The Bertz CT molecular complexity index is 384. The summed E-state index contributed by atoms with van der Waals surface area (Å²) in [5.41, 5.74) is 0.0615. The first kappa shape index (κ1) is 12.9. The highest BCUT2D eigenvalue weighted by Gasteiger charge is 2.14. The zero-order valence-electron chi connectivity index (χ0n) is 8.84. The Balaban J connectivity index is 2.73. The van der Waals surface area contributed by atoms with Gasteiger partial charge in [-0.3, -0.25) is 4.79 Å². The van der Waals surface area contributed by atoms with Crippen LogP contribution in [-0.2, 0) is 11.2 Å². The van der Waals surface area contributed by atoms with Gasteiger partial charge in [-0.05, 0) is 6.07 Å². The molecule has 0 atom stereocenters. The second-order valence-electron chi connectivity index (χ2n) is 3.39. The van der Waals surface area contributed by atoms with Gasteiger partial charge in [0, 0.05) is 25.0 Å². The molecule has 0 saturated heterocycles. The van der Waals surface area contributed by atoms with Crippen molar-refractivity contribution in [3.63, 3.8) is 0 Å². The number of halogens is 3. The zero-order valence-corrected chi connectivity index (χ0v) is 9.60. The lowest BCUT2D eigenvalue weighted by Crippen LogP contribution is -2.30. The first-order chi connectivity index (χ1) is 7.56. The molecule has 0 heterocycles. The molecular weight excluding hydrogens is 236 g/mol. The fourth-order valence-corrected chi connectivity index (χ4v) is 1.49. The topological polar surface area (TPSA) is 20.3 Å². The molecule has 1 aromatic carbocycles. The number of amides is 1. The van der Waals surface area contributed by atoms with Crippen molar-refractivity contribution < 1.29 is 13.6 Å². The van der Waals surface area contributed by atoms with E-state index in [1.165, 1.54) is 17.0 Å². The molecule has 0 saturated carbocycles. The molecule has 0 fully saturated rings. The fraction of sp³-hybridized carbons (Fsp3) is 0.364. The quantitative estimate of drug-likeness (QED) is 0.747. The molecule has 16 heavy (non-hydrogen) atoms. The standard InChI is InChI=1S/C11H12ClF2NO/c1-15(6-5-12)10(16)7-8-3-2-4-9(13)11(8)14/h2-4H,5-7H2,1H3. The Hall–Kier alpha value is -1.16. The third-order valence-electron chi connectivity index (χ3n) is 2.22.